The van der Waals surface area contributed by atoms with Crippen molar-refractivity contribution in [1.29, 1.82) is 0 Å². The maximum absolute atomic E-state index is 11.5. The quantitative estimate of drug-likeness (QED) is 0.769. The van der Waals surface area contributed by atoms with E-state index < -0.39 is 5.60 Å². The molecular formula is C16H25BrN2O2. The molecule has 0 unspecified atom stereocenters. The van der Waals surface area contributed by atoms with E-state index in [0.29, 0.717) is 6.54 Å². The highest BCUT2D eigenvalue weighted by atomic mass is 79.9. The van der Waals surface area contributed by atoms with Crippen LogP contribution in [-0.4, -0.2) is 24.8 Å². The predicted octanol–water partition coefficient (Wildman–Crippen LogP) is 4.39. The zero-order valence-corrected chi connectivity index (χ0v) is 15.1. The molecule has 0 saturated carbocycles. The molecule has 0 radical (unpaired) electrons. The van der Waals surface area contributed by atoms with Gasteiger partial charge in [0.1, 0.15) is 5.60 Å². The van der Waals surface area contributed by atoms with E-state index in [9.17, 15) is 4.79 Å². The Kier molecular flexibility index (Phi) is 6.52. The minimum atomic E-state index is -0.450. The third kappa shape index (κ3) is 6.85. The van der Waals surface area contributed by atoms with Crippen LogP contribution in [0, 0.1) is 13.8 Å². The maximum atomic E-state index is 11.5. The number of anilines is 1. The number of carbonyl (C=O) groups excluding carboxylic acids is 1. The van der Waals surface area contributed by atoms with Gasteiger partial charge in [0.25, 0.3) is 0 Å². The van der Waals surface area contributed by atoms with Crippen LogP contribution in [0.3, 0.4) is 0 Å². The highest BCUT2D eigenvalue weighted by Crippen LogP contribution is 2.24. The second-order valence-corrected chi connectivity index (χ2v) is 7.04. The smallest absolute Gasteiger partial charge is 0.407 e. The fourth-order valence-corrected chi connectivity index (χ4v) is 2.68. The van der Waals surface area contributed by atoms with Gasteiger partial charge in [-0.2, -0.15) is 0 Å². The maximum Gasteiger partial charge on any atom is 0.407 e. The number of halogens is 1. The number of rotatable bonds is 5. The molecule has 0 atom stereocenters. The van der Waals surface area contributed by atoms with E-state index >= 15 is 0 Å². The normalized spacial score (nSPS) is 11.1. The van der Waals surface area contributed by atoms with E-state index in [2.05, 4.69) is 52.5 Å². The zero-order valence-electron chi connectivity index (χ0n) is 13.5. The van der Waals surface area contributed by atoms with Gasteiger partial charge in [0.2, 0.25) is 0 Å². The standard InChI is InChI=1S/C16H25BrN2O2/c1-11-9-13(17)10-12(2)14(11)18-7-6-8-19-15(20)21-16(3,4)5/h9-10,18H,6-8H2,1-5H3,(H,19,20). The van der Waals surface area contributed by atoms with Gasteiger partial charge in [0, 0.05) is 23.2 Å². The van der Waals surface area contributed by atoms with Crippen LogP contribution in [0.4, 0.5) is 10.5 Å². The van der Waals surface area contributed by atoms with Crippen molar-refractivity contribution >= 4 is 27.7 Å². The number of carbonyl (C=O) groups is 1. The first-order chi connectivity index (χ1) is 9.69. The number of nitrogens with one attached hydrogen (secondary N) is 2. The minimum absolute atomic E-state index is 0.362. The molecule has 5 heteroatoms. The van der Waals surface area contributed by atoms with E-state index in [4.69, 9.17) is 4.74 Å². The van der Waals surface area contributed by atoms with Crippen LogP contribution in [0.5, 0.6) is 0 Å². The van der Waals surface area contributed by atoms with Crippen LogP contribution in [0.2, 0.25) is 0 Å². The summed E-state index contributed by atoms with van der Waals surface area (Å²) in [5, 5.41) is 6.17. The van der Waals surface area contributed by atoms with E-state index in [1.807, 2.05) is 20.8 Å². The Morgan fingerprint density at radius 2 is 1.76 bits per heavy atom. The highest BCUT2D eigenvalue weighted by molar-refractivity contribution is 9.10. The topological polar surface area (TPSA) is 50.4 Å². The molecule has 0 saturated heterocycles. The summed E-state index contributed by atoms with van der Waals surface area (Å²) < 4.78 is 6.27. The predicted molar refractivity (Wildman–Crippen MR) is 91.0 cm³/mol. The Hall–Kier alpha value is -1.23. The van der Waals surface area contributed by atoms with E-state index in [1.165, 1.54) is 11.1 Å². The van der Waals surface area contributed by atoms with Gasteiger partial charge in [-0.25, -0.2) is 4.79 Å². The third-order valence-electron chi connectivity index (χ3n) is 2.82. The first kappa shape index (κ1) is 17.8. The summed E-state index contributed by atoms with van der Waals surface area (Å²) in [5.41, 5.74) is 3.13. The molecule has 2 N–H and O–H groups in total. The van der Waals surface area contributed by atoms with Gasteiger partial charge in [-0.1, -0.05) is 15.9 Å². The van der Waals surface area contributed by atoms with Gasteiger partial charge >= 0.3 is 6.09 Å². The molecule has 0 aliphatic heterocycles. The van der Waals surface area contributed by atoms with Crippen molar-refractivity contribution in [2.75, 3.05) is 18.4 Å². The SMILES string of the molecule is Cc1cc(Br)cc(C)c1NCCCNC(=O)OC(C)(C)C. The number of aryl methyl sites for hydroxylation is 2. The Balaban J connectivity index is 2.31. The summed E-state index contributed by atoms with van der Waals surface area (Å²) in [6.45, 7) is 11.1. The molecule has 0 spiro atoms. The van der Waals surface area contributed by atoms with Crippen molar-refractivity contribution in [3.8, 4) is 0 Å². The number of benzene rings is 1. The van der Waals surface area contributed by atoms with Crippen LogP contribution < -0.4 is 10.6 Å². The fraction of sp³-hybridized carbons (Fsp3) is 0.562. The van der Waals surface area contributed by atoms with Gasteiger partial charge in [-0.05, 0) is 64.3 Å². The molecule has 4 nitrogen and oxygen atoms in total. The summed E-state index contributed by atoms with van der Waals surface area (Å²) in [6, 6.07) is 4.18. The highest BCUT2D eigenvalue weighted by Gasteiger charge is 2.15. The average molecular weight is 357 g/mol. The van der Waals surface area contributed by atoms with Crippen LogP contribution in [0.1, 0.15) is 38.3 Å². The summed E-state index contributed by atoms with van der Waals surface area (Å²) in [7, 11) is 0. The summed E-state index contributed by atoms with van der Waals surface area (Å²) >= 11 is 3.49. The van der Waals surface area contributed by atoms with Gasteiger partial charge in [0.05, 0.1) is 0 Å². The van der Waals surface area contributed by atoms with Crippen molar-refractivity contribution in [3.63, 3.8) is 0 Å². The lowest BCUT2D eigenvalue weighted by molar-refractivity contribution is 0.0528. The molecule has 0 bridgehead atoms. The van der Waals surface area contributed by atoms with Crippen LogP contribution in [0.15, 0.2) is 16.6 Å². The summed E-state index contributed by atoms with van der Waals surface area (Å²) in [6.07, 6.45) is 0.479. The monoisotopic (exact) mass is 356 g/mol. The molecule has 1 rings (SSSR count). The molecule has 1 aromatic carbocycles. The lowest BCUT2D eigenvalue weighted by atomic mass is 10.1. The lowest BCUT2D eigenvalue weighted by Gasteiger charge is -2.19. The molecule has 0 aliphatic carbocycles. The van der Waals surface area contributed by atoms with E-state index in [0.717, 1.165) is 23.1 Å². The molecular weight excluding hydrogens is 332 g/mol. The van der Waals surface area contributed by atoms with Gasteiger partial charge in [-0.3, -0.25) is 0 Å². The number of hydrogen-bond donors (Lipinski definition) is 2. The molecule has 0 heterocycles. The molecule has 0 aromatic heterocycles. The minimum Gasteiger partial charge on any atom is -0.444 e. The number of alkyl carbamates (subject to hydrolysis) is 1. The van der Waals surface area contributed by atoms with E-state index in [-0.39, 0.29) is 6.09 Å². The second kappa shape index (κ2) is 7.69. The molecule has 1 amide bonds. The average Bonchev–Trinajstić information content (AvgIpc) is 2.29. The van der Waals surface area contributed by atoms with Gasteiger partial charge < -0.3 is 15.4 Å². The fourth-order valence-electron chi connectivity index (χ4n) is 2.00. The first-order valence-electron chi connectivity index (χ1n) is 7.16. The van der Waals surface area contributed by atoms with Crippen LogP contribution in [-0.2, 0) is 4.74 Å². The molecule has 1 aromatic rings. The molecule has 0 aliphatic rings. The molecule has 21 heavy (non-hydrogen) atoms. The Morgan fingerprint density at radius 1 is 1.19 bits per heavy atom. The van der Waals surface area contributed by atoms with E-state index in [1.54, 1.807) is 0 Å². The molecule has 0 fully saturated rings. The Bertz CT molecular complexity index is 473. The van der Waals surface area contributed by atoms with Crippen molar-refractivity contribution in [3.05, 3.63) is 27.7 Å². The number of amides is 1. The molecule has 118 valence electrons. The van der Waals surface area contributed by atoms with Gasteiger partial charge in [-0.15, -0.1) is 0 Å². The van der Waals surface area contributed by atoms with Crippen molar-refractivity contribution in [1.82, 2.24) is 5.32 Å². The lowest BCUT2D eigenvalue weighted by Crippen LogP contribution is -2.33. The van der Waals surface area contributed by atoms with Crippen molar-refractivity contribution < 1.29 is 9.53 Å². The summed E-state index contributed by atoms with van der Waals surface area (Å²) in [4.78, 5) is 11.5. The van der Waals surface area contributed by atoms with Crippen molar-refractivity contribution in [2.24, 2.45) is 0 Å². The van der Waals surface area contributed by atoms with Crippen molar-refractivity contribution in [2.45, 2.75) is 46.6 Å². The number of hydrogen-bond acceptors (Lipinski definition) is 3. The van der Waals surface area contributed by atoms with Crippen LogP contribution in [0.25, 0.3) is 0 Å². The Morgan fingerprint density at radius 3 is 2.29 bits per heavy atom. The Labute approximate surface area is 135 Å². The summed E-state index contributed by atoms with van der Waals surface area (Å²) in [5.74, 6) is 0. The second-order valence-electron chi connectivity index (χ2n) is 6.12. The largest absolute Gasteiger partial charge is 0.444 e. The van der Waals surface area contributed by atoms with Crippen LogP contribution >= 0.6 is 15.9 Å². The number of ether oxygens (including phenoxy) is 1. The zero-order chi connectivity index (χ0) is 16.0. The first-order valence-corrected chi connectivity index (χ1v) is 7.96. The van der Waals surface area contributed by atoms with Gasteiger partial charge in [0.15, 0.2) is 0 Å². The third-order valence-corrected chi connectivity index (χ3v) is 3.28.